The van der Waals surface area contributed by atoms with Crippen LogP contribution in [0.5, 0.6) is 0 Å². The highest BCUT2D eigenvalue weighted by molar-refractivity contribution is 5.62. The van der Waals surface area contributed by atoms with E-state index in [4.69, 9.17) is 0 Å². The zero-order chi connectivity index (χ0) is 14.8. The Balaban J connectivity index is 0.000000161. The van der Waals surface area contributed by atoms with Crippen molar-refractivity contribution >= 4 is 0 Å². The van der Waals surface area contributed by atoms with Gasteiger partial charge in [-0.3, -0.25) is 4.90 Å². The number of piperidine rings is 1. The minimum atomic E-state index is 1.08. The Morgan fingerprint density at radius 2 is 1.24 bits per heavy atom. The molecule has 1 aliphatic heterocycles. The van der Waals surface area contributed by atoms with Gasteiger partial charge in [0.1, 0.15) is 0 Å². The average molecular weight is 279 g/mol. The molecule has 1 aliphatic rings. The number of hydrogen-bond acceptors (Lipinski definition) is 1. The normalized spacial score (nSPS) is 14.9. The van der Waals surface area contributed by atoms with E-state index in [1.165, 1.54) is 43.5 Å². The smallest absolute Gasteiger partial charge is 0.0160 e. The largest absolute Gasteiger partial charge is 0.300 e. The molecule has 1 heteroatoms. The monoisotopic (exact) mass is 279 g/mol. The van der Waals surface area contributed by atoms with Crippen LogP contribution in [0, 0.1) is 0 Å². The Bertz CT molecular complexity index is 460. The van der Waals surface area contributed by atoms with Crippen LogP contribution < -0.4 is 0 Å². The molecule has 2 aromatic carbocycles. The molecule has 0 atom stereocenters. The van der Waals surface area contributed by atoms with E-state index in [1.807, 2.05) is 18.2 Å². The molecule has 0 bridgehead atoms. The summed E-state index contributed by atoms with van der Waals surface area (Å²) in [6, 6.07) is 20.8. The van der Waals surface area contributed by atoms with Crippen LogP contribution in [0.15, 0.2) is 73.3 Å². The van der Waals surface area contributed by atoms with Crippen LogP contribution in [0.2, 0.25) is 0 Å². The van der Waals surface area contributed by atoms with Crippen molar-refractivity contribution in [2.75, 3.05) is 19.6 Å². The quantitative estimate of drug-likeness (QED) is 0.714. The van der Waals surface area contributed by atoms with Crippen LogP contribution in [0.4, 0.5) is 0 Å². The maximum atomic E-state index is 3.71. The van der Waals surface area contributed by atoms with Gasteiger partial charge in [0, 0.05) is 6.54 Å². The Morgan fingerprint density at radius 3 is 1.67 bits per heavy atom. The molecule has 1 saturated heterocycles. The molecule has 0 unspecified atom stereocenters. The van der Waals surface area contributed by atoms with Crippen molar-refractivity contribution in [1.82, 2.24) is 4.90 Å². The van der Waals surface area contributed by atoms with E-state index in [2.05, 4.69) is 60.0 Å². The maximum Gasteiger partial charge on any atom is 0.0160 e. The van der Waals surface area contributed by atoms with E-state index in [9.17, 15) is 0 Å². The lowest BCUT2D eigenvalue weighted by Crippen LogP contribution is -2.29. The molecule has 1 heterocycles. The second-order valence-corrected chi connectivity index (χ2v) is 5.38. The first kappa shape index (κ1) is 15.5. The van der Waals surface area contributed by atoms with Gasteiger partial charge >= 0.3 is 0 Å². The molecule has 0 aromatic heterocycles. The van der Waals surface area contributed by atoms with E-state index in [0.29, 0.717) is 0 Å². The zero-order valence-electron chi connectivity index (χ0n) is 12.7. The minimum Gasteiger partial charge on any atom is -0.300 e. The summed E-state index contributed by atoms with van der Waals surface area (Å²) in [4.78, 5) is 2.45. The molecule has 0 N–H and O–H groups in total. The third-order valence-electron chi connectivity index (χ3n) is 3.72. The van der Waals surface area contributed by atoms with Gasteiger partial charge in [0.05, 0.1) is 0 Å². The standard InChI is InChI=1S/C12H10.C8H15N/c1-3-7-11(8-4-1)12-9-5-2-6-10-12;1-2-6-9-7-4-3-5-8-9/h1-10H;2H,1,3-8H2. The first-order valence-electron chi connectivity index (χ1n) is 7.84. The number of benzene rings is 2. The van der Waals surface area contributed by atoms with Crippen LogP contribution in [0.25, 0.3) is 11.1 Å². The fraction of sp³-hybridized carbons (Fsp3) is 0.300. The molecule has 110 valence electrons. The number of hydrogen-bond donors (Lipinski definition) is 0. The number of rotatable bonds is 3. The SMILES string of the molecule is C=CCN1CCCCC1.c1ccc(-c2ccccc2)cc1. The molecule has 3 rings (SSSR count). The molecule has 0 spiro atoms. The lowest BCUT2D eigenvalue weighted by atomic mass is 10.1. The Hall–Kier alpha value is -1.86. The van der Waals surface area contributed by atoms with Crippen LogP contribution in [0.1, 0.15) is 19.3 Å². The molecule has 2 aromatic rings. The van der Waals surface area contributed by atoms with Crippen molar-refractivity contribution in [3.8, 4) is 11.1 Å². The Labute approximate surface area is 128 Å². The summed E-state index contributed by atoms with van der Waals surface area (Å²) in [6.45, 7) is 7.36. The van der Waals surface area contributed by atoms with E-state index in [-0.39, 0.29) is 0 Å². The Morgan fingerprint density at radius 1 is 0.762 bits per heavy atom. The Kier molecular flexibility index (Phi) is 6.76. The lowest BCUT2D eigenvalue weighted by Gasteiger charge is -2.24. The highest BCUT2D eigenvalue weighted by Crippen LogP contribution is 2.17. The summed E-state index contributed by atoms with van der Waals surface area (Å²) in [5, 5.41) is 0. The van der Waals surface area contributed by atoms with Crippen LogP contribution in [0.3, 0.4) is 0 Å². The van der Waals surface area contributed by atoms with Crippen molar-refractivity contribution in [1.29, 1.82) is 0 Å². The van der Waals surface area contributed by atoms with E-state index in [1.54, 1.807) is 0 Å². The zero-order valence-corrected chi connectivity index (χ0v) is 12.7. The first-order chi connectivity index (χ1) is 10.4. The summed E-state index contributed by atoms with van der Waals surface area (Å²) < 4.78 is 0. The number of likely N-dealkylation sites (tertiary alicyclic amines) is 1. The molecule has 0 saturated carbocycles. The summed E-state index contributed by atoms with van der Waals surface area (Å²) in [5.74, 6) is 0. The van der Waals surface area contributed by atoms with Gasteiger partial charge in [0.25, 0.3) is 0 Å². The number of nitrogens with zero attached hydrogens (tertiary/aromatic N) is 1. The molecule has 0 aliphatic carbocycles. The third kappa shape index (κ3) is 5.57. The summed E-state index contributed by atoms with van der Waals surface area (Å²) >= 11 is 0. The molecule has 0 amide bonds. The van der Waals surface area contributed by atoms with E-state index < -0.39 is 0 Å². The van der Waals surface area contributed by atoms with Crippen molar-refractivity contribution < 1.29 is 0 Å². The predicted molar refractivity (Wildman–Crippen MR) is 92.4 cm³/mol. The lowest BCUT2D eigenvalue weighted by molar-refractivity contribution is 0.251. The molecule has 0 radical (unpaired) electrons. The second-order valence-electron chi connectivity index (χ2n) is 5.38. The van der Waals surface area contributed by atoms with E-state index >= 15 is 0 Å². The third-order valence-corrected chi connectivity index (χ3v) is 3.72. The topological polar surface area (TPSA) is 3.24 Å². The average Bonchev–Trinajstić information content (AvgIpc) is 2.58. The van der Waals surface area contributed by atoms with Gasteiger partial charge in [-0.15, -0.1) is 6.58 Å². The van der Waals surface area contributed by atoms with Crippen LogP contribution in [-0.4, -0.2) is 24.5 Å². The first-order valence-corrected chi connectivity index (χ1v) is 7.84. The van der Waals surface area contributed by atoms with Gasteiger partial charge in [-0.2, -0.15) is 0 Å². The summed E-state index contributed by atoms with van der Waals surface area (Å²) in [6.07, 6.45) is 6.18. The van der Waals surface area contributed by atoms with Crippen LogP contribution >= 0.6 is 0 Å². The second kappa shape index (κ2) is 9.15. The predicted octanol–water partition coefficient (Wildman–Crippen LogP) is 5.01. The molecular weight excluding hydrogens is 254 g/mol. The van der Waals surface area contributed by atoms with Crippen molar-refractivity contribution in [3.63, 3.8) is 0 Å². The van der Waals surface area contributed by atoms with Crippen molar-refractivity contribution in [2.45, 2.75) is 19.3 Å². The minimum absolute atomic E-state index is 1.08. The van der Waals surface area contributed by atoms with Crippen LogP contribution in [-0.2, 0) is 0 Å². The summed E-state index contributed by atoms with van der Waals surface area (Å²) in [5.41, 5.74) is 2.55. The van der Waals surface area contributed by atoms with Gasteiger partial charge in [-0.05, 0) is 37.1 Å². The molecular formula is C20H25N. The molecule has 21 heavy (non-hydrogen) atoms. The van der Waals surface area contributed by atoms with Crippen molar-refractivity contribution in [3.05, 3.63) is 73.3 Å². The fourth-order valence-corrected chi connectivity index (χ4v) is 2.59. The van der Waals surface area contributed by atoms with Gasteiger partial charge in [0.2, 0.25) is 0 Å². The molecule has 1 fully saturated rings. The highest BCUT2D eigenvalue weighted by Gasteiger charge is 2.06. The van der Waals surface area contributed by atoms with Gasteiger partial charge in [-0.1, -0.05) is 73.2 Å². The van der Waals surface area contributed by atoms with Gasteiger partial charge in [0.15, 0.2) is 0 Å². The molecule has 1 nitrogen and oxygen atoms in total. The maximum absolute atomic E-state index is 3.71. The van der Waals surface area contributed by atoms with E-state index in [0.717, 1.165) is 6.54 Å². The van der Waals surface area contributed by atoms with Gasteiger partial charge in [-0.25, -0.2) is 0 Å². The summed E-state index contributed by atoms with van der Waals surface area (Å²) in [7, 11) is 0. The highest BCUT2D eigenvalue weighted by atomic mass is 15.1. The van der Waals surface area contributed by atoms with Crippen molar-refractivity contribution in [2.24, 2.45) is 0 Å². The van der Waals surface area contributed by atoms with Gasteiger partial charge < -0.3 is 0 Å². The fourth-order valence-electron chi connectivity index (χ4n) is 2.59.